The summed E-state index contributed by atoms with van der Waals surface area (Å²) in [5.74, 6) is -0.650. The molecule has 28 heavy (non-hydrogen) atoms. The quantitative estimate of drug-likeness (QED) is 0.440. The lowest BCUT2D eigenvalue weighted by atomic mass is 10.1. The summed E-state index contributed by atoms with van der Waals surface area (Å²) in [4.78, 5) is 34.9. The Morgan fingerprint density at radius 1 is 1.07 bits per heavy atom. The van der Waals surface area contributed by atoms with Crippen molar-refractivity contribution in [3.05, 3.63) is 57.6 Å². The van der Waals surface area contributed by atoms with Gasteiger partial charge >= 0.3 is 5.97 Å². The second-order valence-corrected chi connectivity index (χ2v) is 5.86. The van der Waals surface area contributed by atoms with Crippen LogP contribution in [0.25, 0.3) is 0 Å². The molecule has 0 fully saturated rings. The van der Waals surface area contributed by atoms with E-state index in [0.717, 1.165) is 5.56 Å². The maximum Gasteiger partial charge on any atom is 0.339 e. The Bertz CT molecular complexity index is 911. The van der Waals surface area contributed by atoms with Gasteiger partial charge in [-0.1, -0.05) is 6.07 Å². The number of ether oxygens (including phenoxy) is 3. The Kier molecular flexibility index (Phi) is 6.54. The van der Waals surface area contributed by atoms with Gasteiger partial charge in [0, 0.05) is 6.07 Å². The molecule has 0 aliphatic carbocycles. The van der Waals surface area contributed by atoms with E-state index in [9.17, 15) is 19.7 Å². The average molecular weight is 388 g/mol. The van der Waals surface area contributed by atoms with E-state index >= 15 is 0 Å². The van der Waals surface area contributed by atoms with Crippen molar-refractivity contribution in [3.63, 3.8) is 0 Å². The molecule has 0 heterocycles. The minimum absolute atomic E-state index is 0.115. The van der Waals surface area contributed by atoms with Crippen LogP contribution in [0, 0.1) is 17.0 Å². The predicted octanol–water partition coefficient (Wildman–Crippen LogP) is 3.10. The largest absolute Gasteiger partial charge is 0.496 e. The number of esters is 1. The minimum atomic E-state index is -1.11. The number of nitrogens with zero attached hydrogens (tertiary/aromatic N) is 1. The van der Waals surface area contributed by atoms with Crippen molar-refractivity contribution >= 4 is 23.3 Å². The number of nitro groups is 1. The Morgan fingerprint density at radius 2 is 1.75 bits per heavy atom. The van der Waals surface area contributed by atoms with Gasteiger partial charge in [0.25, 0.3) is 11.6 Å². The molecule has 2 aromatic carbocycles. The lowest BCUT2D eigenvalue weighted by molar-refractivity contribution is -0.384. The van der Waals surface area contributed by atoms with E-state index in [1.165, 1.54) is 45.4 Å². The topological polar surface area (TPSA) is 117 Å². The molecule has 0 spiro atoms. The summed E-state index contributed by atoms with van der Waals surface area (Å²) in [5, 5.41) is 13.4. The lowest BCUT2D eigenvalue weighted by Crippen LogP contribution is -2.30. The van der Waals surface area contributed by atoms with Crippen LogP contribution in [-0.4, -0.2) is 37.1 Å². The molecule has 2 aromatic rings. The number of aryl methyl sites for hydroxylation is 1. The summed E-state index contributed by atoms with van der Waals surface area (Å²) < 4.78 is 15.4. The molecule has 1 atom stereocenters. The monoisotopic (exact) mass is 388 g/mol. The fraction of sp³-hybridized carbons (Fsp3) is 0.263. The molecule has 148 valence electrons. The Morgan fingerprint density at radius 3 is 2.36 bits per heavy atom. The number of benzene rings is 2. The standard InChI is InChI=1S/C19H20N2O7/c1-11-5-6-13(9-16(11)26-3)19(23)28-12(2)18(22)20-15-8-7-14(21(24)25)10-17(15)27-4/h5-10,12H,1-4H3,(H,20,22)/t12-/m1/s1. The van der Waals surface area contributed by atoms with E-state index < -0.39 is 22.9 Å². The molecule has 0 aromatic heterocycles. The van der Waals surface area contributed by atoms with Crippen molar-refractivity contribution in [3.8, 4) is 11.5 Å². The third-order valence-corrected chi connectivity index (χ3v) is 3.95. The van der Waals surface area contributed by atoms with Crippen LogP contribution in [-0.2, 0) is 9.53 Å². The van der Waals surface area contributed by atoms with E-state index in [1.807, 2.05) is 6.92 Å². The number of rotatable bonds is 7. The second kappa shape index (κ2) is 8.85. The fourth-order valence-electron chi connectivity index (χ4n) is 2.36. The Labute approximate surface area is 161 Å². The number of hydrogen-bond donors (Lipinski definition) is 1. The molecule has 0 bridgehead atoms. The summed E-state index contributed by atoms with van der Waals surface area (Å²) in [5.41, 5.74) is 1.14. The molecule has 0 radical (unpaired) electrons. The highest BCUT2D eigenvalue weighted by Crippen LogP contribution is 2.29. The summed E-state index contributed by atoms with van der Waals surface area (Å²) >= 11 is 0. The van der Waals surface area contributed by atoms with Crippen LogP contribution in [0.1, 0.15) is 22.8 Å². The SMILES string of the molecule is COc1cc(C(=O)O[C@H](C)C(=O)Nc2ccc([N+](=O)[O-])cc2OC)ccc1C. The summed E-state index contributed by atoms with van der Waals surface area (Å²) in [7, 11) is 2.81. The molecule has 1 amide bonds. The highest BCUT2D eigenvalue weighted by atomic mass is 16.6. The van der Waals surface area contributed by atoms with Crippen molar-refractivity contribution in [2.75, 3.05) is 19.5 Å². The van der Waals surface area contributed by atoms with Gasteiger partial charge in [0.05, 0.1) is 36.5 Å². The van der Waals surface area contributed by atoms with Gasteiger partial charge in [-0.25, -0.2) is 4.79 Å². The van der Waals surface area contributed by atoms with Crippen molar-refractivity contribution in [2.24, 2.45) is 0 Å². The number of methoxy groups -OCH3 is 2. The highest BCUT2D eigenvalue weighted by Gasteiger charge is 2.21. The van der Waals surface area contributed by atoms with E-state index in [0.29, 0.717) is 5.75 Å². The van der Waals surface area contributed by atoms with Crippen molar-refractivity contribution in [2.45, 2.75) is 20.0 Å². The molecule has 0 aliphatic rings. The van der Waals surface area contributed by atoms with Gasteiger partial charge in [0.2, 0.25) is 0 Å². The van der Waals surface area contributed by atoms with Crippen molar-refractivity contribution in [1.82, 2.24) is 0 Å². The Hall–Kier alpha value is -3.62. The smallest absolute Gasteiger partial charge is 0.339 e. The van der Waals surface area contributed by atoms with Gasteiger partial charge in [0.1, 0.15) is 11.5 Å². The summed E-state index contributed by atoms with van der Waals surface area (Å²) in [6, 6.07) is 8.57. The van der Waals surface area contributed by atoms with Crippen LogP contribution in [0.4, 0.5) is 11.4 Å². The summed E-state index contributed by atoms with van der Waals surface area (Å²) in [6.07, 6.45) is -1.11. The molecule has 1 N–H and O–H groups in total. The van der Waals surface area contributed by atoms with Gasteiger partial charge in [-0.2, -0.15) is 0 Å². The van der Waals surface area contributed by atoms with Gasteiger partial charge in [-0.3, -0.25) is 14.9 Å². The molecular weight excluding hydrogens is 368 g/mol. The molecule has 9 nitrogen and oxygen atoms in total. The maximum atomic E-state index is 12.3. The lowest BCUT2D eigenvalue weighted by Gasteiger charge is -2.15. The third-order valence-electron chi connectivity index (χ3n) is 3.95. The Balaban J connectivity index is 2.09. The van der Waals surface area contributed by atoms with Gasteiger partial charge < -0.3 is 19.5 Å². The number of non-ortho nitro benzene ring substituents is 1. The van der Waals surface area contributed by atoms with E-state index in [4.69, 9.17) is 14.2 Å². The molecule has 0 saturated carbocycles. The number of carbonyl (C=O) groups excluding carboxylic acids is 2. The van der Waals surface area contributed by atoms with Gasteiger partial charge in [-0.05, 0) is 37.6 Å². The van der Waals surface area contributed by atoms with Gasteiger partial charge in [-0.15, -0.1) is 0 Å². The second-order valence-electron chi connectivity index (χ2n) is 5.86. The predicted molar refractivity (Wildman–Crippen MR) is 101 cm³/mol. The molecule has 0 aliphatic heterocycles. The van der Waals surface area contributed by atoms with Crippen LogP contribution < -0.4 is 14.8 Å². The highest BCUT2D eigenvalue weighted by molar-refractivity contribution is 5.98. The van der Waals surface area contributed by atoms with Crippen molar-refractivity contribution < 1.29 is 28.7 Å². The average Bonchev–Trinajstić information content (AvgIpc) is 2.68. The zero-order valence-electron chi connectivity index (χ0n) is 15.8. The first-order valence-corrected chi connectivity index (χ1v) is 8.25. The summed E-state index contributed by atoms with van der Waals surface area (Å²) in [6.45, 7) is 3.25. The first-order valence-electron chi connectivity index (χ1n) is 8.25. The van der Waals surface area contributed by atoms with Crippen LogP contribution in [0.15, 0.2) is 36.4 Å². The van der Waals surface area contributed by atoms with E-state index in [-0.39, 0.29) is 22.7 Å². The molecule has 0 unspecified atom stereocenters. The fourth-order valence-corrected chi connectivity index (χ4v) is 2.36. The minimum Gasteiger partial charge on any atom is -0.496 e. The number of nitrogens with one attached hydrogen (secondary N) is 1. The van der Waals surface area contributed by atoms with E-state index in [1.54, 1.807) is 12.1 Å². The maximum absolute atomic E-state index is 12.3. The van der Waals surface area contributed by atoms with Crippen LogP contribution in [0.3, 0.4) is 0 Å². The molecular formula is C19H20N2O7. The number of nitro benzene ring substituents is 1. The van der Waals surface area contributed by atoms with Crippen molar-refractivity contribution in [1.29, 1.82) is 0 Å². The number of hydrogen-bond acceptors (Lipinski definition) is 7. The molecule has 0 saturated heterocycles. The first kappa shape index (κ1) is 20.7. The van der Waals surface area contributed by atoms with Crippen LogP contribution in [0.2, 0.25) is 0 Å². The molecule has 9 heteroatoms. The normalized spacial score (nSPS) is 11.3. The third kappa shape index (κ3) is 4.76. The first-order chi connectivity index (χ1) is 13.3. The zero-order chi connectivity index (χ0) is 20.8. The van der Waals surface area contributed by atoms with Crippen LogP contribution in [0.5, 0.6) is 11.5 Å². The number of carbonyl (C=O) groups is 2. The molecule has 2 rings (SSSR count). The number of amides is 1. The zero-order valence-corrected chi connectivity index (χ0v) is 15.8. The number of anilines is 1. The van der Waals surface area contributed by atoms with Gasteiger partial charge in [0.15, 0.2) is 6.10 Å². The van der Waals surface area contributed by atoms with E-state index in [2.05, 4.69) is 5.32 Å². The van der Waals surface area contributed by atoms with Crippen LogP contribution >= 0.6 is 0 Å².